The molecule has 0 unspecified atom stereocenters. The quantitative estimate of drug-likeness (QED) is 0.638. The number of carbonyl (C=O) groups excluding carboxylic acids is 1. The monoisotopic (exact) mass is 395 g/mol. The average Bonchev–Trinajstić information content (AvgIpc) is 2.56. The normalized spacial score (nSPS) is 13.0. The summed E-state index contributed by atoms with van der Waals surface area (Å²) in [4.78, 5) is 13.8. The highest BCUT2D eigenvalue weighted by Gasteiger charge is 2.16. The van der Waals surface area contributed by atoms with Gasteiger partial charge in [-0.3, -0.25) is 4.79 Å². The van der Waals surface area contributed by atoms with Gasteiger partial charge in [0.2, 0.25) is 0 Å². The summed E-state index contributed by atoms with van der Waals surface area (Å²) in [6.45, 7) is 1.68. The van der Waals surface area contributed by atoms with Crippen molar-refractivity contribution in [1.82, 2.24) is 5.32 Å². The van der Waals surface area contributed by atoms with Gasteiger partial charge in [0, 0.05) is 12.1 Å². The molecule has 0 spiro atoms. The third-order valence-corrected chi connectivity index (χ3v) is 3.23. The molecule has 0 aromatic heterocycles. The van der Waals surface area contributed by atoms with E-state index in [2.05, 4.69) is 27.9 Å². The van der Waals surface area contributed by atoms with Crippen LogP contribution in [0.3, 0.4) is 0 Å². The van der Waals surface area contributed by atoms with Gasteiger partial charge in [0.25, 0.3) is 0 Å². The van der Waals surface area contributed by atoms with E-state index in [0.29, 0.717) is 13.2 Å². The smallest absolute Gasteiger partial charge is 0.177 e. The van der Waals surface area contributed by atoms with E-state index in [0.717, 1.165) is 29.0 Å². The van der Waals surface area contributed by atoms with E-state index < -0.39 is 0 Å². The van der Waals surface area contributed by atoms with Gasteiger partial charge in [-0.2, -0.15) is 0 Å². The molecule has 21 heavy (non-hydrogen) atoms. The zero-order chi connectivity index (χ0) is 15.1. The van der Waals surface area contributed by atoms with Crippen LogP contribution in [0.25, 0.3) is 0 Å². The van der Waals surface area contributed by atoms with Crippen molar-refractivity contribution in [3.63, 3.8) is 0 Å². The maximum atomic E-state index is 11.8. The molecule has 0 amide bonds. The lowest BCUT2D eigenvalue weighted by Gasteiger charge is -2.17. The summed E-state index contributed by atoms with van der Waals surface area (Å²) in [7, 11) is 0. The number of ether oxygens (including phenoxy) is 1. The molecule has 3 rings (SSSR count). The minimum absolute atomic E-state index is 0.131. The molecule has 0 aliphatic carbocycles. The second kappa shape index (κ2) is 8.14. The maximum Gasteiger partial charge on any atom is 0.177 e. The second-order valence-electron chi connectivity index (χ2n) is 4.62. The summed E-state index contributed by atoms with van der Waals surface area (Å²) in [6, 6.07) is 15.7. The number of carbonyl (C=O) groups is 1. The van der Waals surface area contributed by atoms with Crippen LogP contribution in [-0.4, -0.2) is 17.3 Å². The number of halogens is 1. The minimum Gasteiger partial charge on any atom is -0.489 e. The first-order chi connectivity index (χ1) is 10.3. The molecule has 1 aliphatic rings. The molecule has 110 valence electrons. The van der Waals surface area contributed by atoms with E-state index in [1.54, 1.807) is 0 Å². The van der Waals surface area contributed by atoms with Crippen LogP contribution in [0.2, 0.25) is 0 Å². The summed E-state index contributed by atoms with van der Waals surface area (Å²) in [6.07, 6.45) is 0. The largest absolute Gasteiger partial charge is 0.489 e. The number of hydrogen-bond acceptors (Lipinski definition) is 3. The molecule has 1 N–H and O–H groups in total. The first-order valence-corrected chi connectivity index (χ1v) is 8.90. The van der Waals surface area contributed by atoms with Crippen molar-refractivity contribution in [1.29, 1.82) is 0 Å². The van der Waals surface area contributed by atoms with E-state index in [-0.39, 0.29) is 5.78 Å². The van der Waals surface area contributed by atoms with Crippen LogP contribution >= 0.6 is 22.6 Å². The molecule has 4 heteroatoms. The highest BCUT2D eigenvalue weighted by Crippen LogP contribution is 2.21. The van der Waals surface area contributed by atoms with Crippen LogP contribution in [0.5, 0.6) is 5.75 Å². The Balaban J connectivity index is 0.000000774. The van der Waals surface area contributed by atoms with E-state index in [9.17, 15) is 4.79 Å². The van der Waals surface area contributed by atoms with Gasteiger partial charge in [-0.15, -0.1) is 0 Å². The molecule has 0 bridgehead atoms. The third kappa shape index (κ3) is 4.28. The van der Waals surface area contributed by atoms with Gasteiger partial charge in [-0.1, -0.05) is 59.0 Å². The highest BCUT2D eigenvalue weighted by atomic mass is 127. The number of Topliss-reactive ketones (excluding diaryl/α,β-unsaturated/α-hetero) is 1. The number of rotatable bonds is 3. The Morgan fingerprint density at radius 2 is 1.86 bits per heavy atom. The molecule has 3 nitrogen and oxygen atoms in total. The van der Waals surface area contributed by atoms with Crippen LogP contribution in [-0.2, 0) is 13.2 Å². The lowest BCUT2D eigenvalue weighted by molar-refractivity contribution is 0.0981. The Hall–Kier alpha value is -1.40. The maximum absolute atomic E-state index is 11.8. The van der Waals surface area contributed by atoms with Gasteiger partial charge in [0.05, 0.1) is 6.54 Å². The van der Waals surface area contributed by atoms with Crippen molar-refractivity contribution in [3.8, 4) is 5.75 Å². The number of fused-ring (bicyclic) bond motifs is 1. The average molecular weight is 395 g/mol. The molecule has 1 aliphatic heterocycles. The second-order valence-corrected chi connectivity index (χ2v) is 4.62. The van der Waals surface area contributed by atoms with Crippen molar-refractivity contribution < 1.29 is 9.53 Å². The summed E-state index contributed by atoms with van der Waals surface area (Å²) < 4.78 is 5.73. The van der Waals surface area contributed by atoms with E-state index >= 15 is 0 Å². The van der Waals surface area contributed by atoms with Crippen molar-refractivity contribution in [2.24, 2.45) is 0 Å². The Morgan fingerprint density at radius 3 is 2.62 bits per heavy atom. The predicted octanol–water partition coefficient (Wildman–Crippen LogP) is 3.60. The molecule has 2 aromatic carbocycles. The first-order valence-electron chi connectivity index (χ1n) is 6.74. The van der Waals surface area contributed by atoms with Gasteiger partial charge in [0.15, 0.2) is 5.78 Å². The van der Waals surface area contributed by atoms with E-state index in [4.69, 9.17) is 4.74 Å². The van der Waals surface area contributed by atoms with Crippen LogP contribution in [0.1, 0.15) is 21.5 Å². The SMILES string of the molecule is CI.O=C1CNCc2ccc(OCc3ccccc3)cc21. The Kier molecular flexibility index (Phi) is 6.20. The lowest BCUT2D eigenvalue weighted by atomic mass is 10.00. The Labute approximate surface area is 138 Å². The zero-order valence-electron chi connectivity index (χ0n) is 11.9. The van der Waals surface area contributed by atoms with Gasteiger partial charge in [0.1, 0.15) is 12.4 Å². The minimum atomic E-state index is 0.131. The van der Waals surface area contributed by atoms with Crippen molar-refractivity contribution in [3.05, 3.63) is 65.2 Å². The fraction of sp³-hybridized carbons (Fsp3) is 0.235. The van der Waals surface area contributed by atoms with E-state index in [1.165, 1.54) is 0 Å². The fourth-order valence-electron chi connectivity index (χ4n) is 2.21. The third-order valence-electron chi connectivity index (χ3n) is 3.23. The summed E-state index contributed by atoms with van der Waals surface area (Å²) in [5.41, 5.74) is 2.95. The molecular weight excluding hydrogens is 377 g/mol. The zero-order valence-corrected chi connectivity index (χ0v) is 14.1. The summed E-state index contributed by atoms with van der Waals surface area (Å²) in [5.74, 6) is 0.879. The summed E-state index contributed by atoms with van der Waals surface area (Å²) >= 11 is 2.15. The van der Waals surface area contributed by atoms with Crippen LogP contribution < -0.4 is 10.1 Å². The first kappa shape index (κ1) is 16.0. The molecule has 0 saturated heterocycles. The molecule has 0 atom stereocenters. The van der Waals surface area contributed by atoms with Crippen molar-refractivity contribution >= 4 is 28.4 Å². The molecule has 1 heterocycles. The number of nitrogens with one attached hydrogen (secondary N) is 1. The van der Waals surface area contributed by atoms with Crippen LogP contribution in [0.15, 0.2) is 48.5 Å². The van der Waals surface area contributed by atoms with E-state index in [1.807, 2.05) is 53.5 Å². The standard InChI is InChI=1S/C16H15NO2.CH3I/c18-16-10-17-9-13-6-7-14(8-15(13)16)19-11-12-4-2-1-3-5-12;1-2/h1-8,17H,9-11H2;1H3. The number of ketones is 1. The lowest BCUT2D eigenvalue weighted by Crippen LogP contribution is -2.29. The molecule has 0 fully saturated rings. The molecule has 0 radical (unpaired) electrons. The Morgan fingerprint density at radius 1 is 1.10 bits per heavy atom. The van der Waals surface area contributed by atoms with Crippen molar-refractivity contribution in [2.45, 2.75) is 13.2 Å². The van der Waals surface area contributed by atoms with Gasteiger partial charge in [-0.05, 0) is 28.2 Å². The van der Waals surface area contributed by atoms with Gasteiger partial charge < -0.3 is 10.1 Å². The Bertz CT molecular complexity index is 599. The number of hydrogen-bond donors (Lipinski definition) is 1. The van der Waals surface area contributed by atoms with Crippen LogP contribution in [0.4, 0.5) is 0 Å². The topological polar surface area (TPSA) is 38.3 Å². The van der Waals surface area contributed by atoms with Crippen molar-refractivity contribution in [2.75, 3.05) is 11.5 Å². The van der Waals surface area contributed by atoms with Gasteiger partial charge in [-0.25, -0.2) is 0 Å². The molecule has 0 saturated carbocycles. The van der Waals surface area contributed by atoms with Gasteiger partial charge >= 0.3 is 0 Å². The highest BCUT2D eigenvalue weighted by molar-refractivity contribution is 14.1. The van der Waals surface area contributed by atoms with Crippen LogP contribution in [0, 0.1) is 0 Å². The predicted molar refractivity (Wildman–Crippen MR) is 93.2 cm³/mol. The number of benzene rings is 2. The molecular formula is C17H18INO2. The summed E-state index contributed by atoms with van der Waals surface area (Å²) in [5, 5.41) is 3.08. The fourth-order valence-corrected chi connectivity index (χ4v) is 2.21. The molecule has 2 aromatic rings. The number of alkyl halides is 1.